The fourth-order valence-electron chi connectivity index (χ4n) is 1.70. The quantitative estimate of drug-likeness (QED) is 0.484. The molecule has 1 aromatic carbocycles. The molecule has 2 N–H and O–H groups in total. The average molecular weight is 321 g/mol. The van der Waals surface area contributed by atoms with E-state index in [9.17, 15) is 5.11 Å². The monoisotopic (exact) mass is 320 g/mol. The third-order valence-electron chi connectivity index (χ3n) is 2.66. The van der Waals surface area contributed by atoms with E-state index in [1.807, 2.05) is 6.92 Å². The number of rotatable bonds is 6. The summed E-state index contributed by atoms with van der Waals surface area (Å²) in [6, 6.07) is 6.63. The van der Waals surface area contributed by atoms with Crippen molar-refractivity contribution in [2.75, 3.05) is 12.0 Å². The highest BCUT2D eigenvalue weighted by atomic mass is 35.5. The van der Waals surface area contributed by atoms with Gasteiger partial charge < -0.3 is 9.84 Å². The van der Waals surface area contributed by atoms with Crippen molar-refractivity contribution in [2.24, 2.45) is 5.10 Å². The minimum absolute atomic E-state index is 0.0936. The molecule has 0 fully saturated rings. The molecule has 1 heterocycles. The van der Waals surface area contributed by atoms with E-state index < -0.39 is 0 Å². The number of hydrazone groups is 1. The Kier molecular flexibility index (Phi) is 5.55. The van der Waals surface area contributed by atoms with Gasteiger partial charge >= 0.3 is 0 Å². The van der Waals surface area contributed by atoms with Crippen molar-refractivity contribution in [3.8, 4) is 11.5 Å². The molecular weight excluding hydrogens is 304 g/mol. The highest BCUT2D eigenvalue weighted by Gasteiger charge is 2.02. The van der Waals surface area contributed by atoms with Crippen LogP contribution in [-0.4, -0.2) is 27.9 Å². The fraction of sp³-hybridized carbons (Fsp3) is 0.267. The Labute approximate surface area is 133 Å². The van der Waals surface area contributed by atoms with Crippen LogP contribution >= 0.6 is 11.6 Å². The molecule has 0 saturated carbocycles. The second kappa shape index (κ2) is 7.61. The second-order valence-corrected chi connectivity index (χ2v) is 4.95. The zero-order valence-corrected chi connectivity index (χ0v) is 13.1. The Morgan fingerprint density at radius 1 is 1.36 bits per heavy atom. The summed E-state index contributed by atoms with van der Waals surface area (Å²) in [6.45, 7) is 4.37. The van der Waals surface area contributed by atoms with Crippen molar-refractivity contribution >= 4 is 23.6 Å². The topological polar surface area (TPSA) is 79.6 Å². The van der Waals surface area contributed by atoms with Crippen LogP contribution < -0.4 is 10.2 Å². The van der Waals surface area contributed by atoms with Gasteiger partial charge in [-0.1, -0.05) is 18.5 Å². The first-order valence-electron chi connectivity index (χ1n) is 6.84. The molecule has 6 nitrogen and oxygen atoms in total. The van der Waals surface area contributed by atoms with E-state index in [1.165, 1.54) is 6.21 Å². The minimum atomic E-state index is 0.0936. The maximum absolute atomic E-state index is 9.93. The van der Waals surface area contributed by atoms with Crippen molar-refractivity contribution in [1.82, 2.24) is 9.97 Å². The van der Waals surface area contributed by atoms with Crippen LogP contribution in [0.15, 0.2) is 29.4 Å². The lowest BCUT2D eigenvalue weighted by Crippen LogP contribution is -1.98. The van der Waals surface area contributed by atoms with Gasteiger partial charge in [0.15, 0.2) is 5.82 Å². The van der Waals surface area contributed by atoms with Crippen LogP contribution in [-0.2, 0) is 0 Å². The van der Waals surface area contributed by atoms with Gasteiger partial charge in [-0.05, 0) is 25.5 Å². The lowest BCUT2D eigenvalue weighted by atomic mass is 10.2. The Bertz CT molecular complexity index is 656. The Morgan fingerprint density at radius 2 is 2.18 bits per heavy atom. The van der Waals surface area contributed by atoms with Gasteiger partial charge in [0.2, 0.25) is 0 Å². The van der Waals surface area contributed by atoms with Crippen molar-refractivity contribution in [3.05, 3.63) is 40.8 Å². The van der Waals surface area contributed by atoms with E-state index in [-0.39, 0.29) is 5.75 Å². The number of hydrogen-bond acceptors (Lipinski definition) is 6. The fourth-order valence-corrected chi connectivity index (χ4v) is 1.92. The smallest absolute Gasteiger partial charge is 0.151 e. The lowest BCUT2D eigenvalue weighted by molar-refractivity contribution is 0.315. The molecule has 1 aromatic heterocycles. The molecule has 0 saturated heterocycles. The second-order valence-electron chi connectivity index (χ2n) is 4.56. The predicted octanol–water partition coefficient (Wildman–Crippen LogP) is 3.38. The maximum atomic E-state index is 9.93. The summed E-state index contributed by atoms with van der Waals surface area (Å²) in [5.41, 5.74) is 3.31. The molecule has 0 atom stereocenters. The number of aromatic hydroxyl groups is 1. The van der Waals surface area contributed by atoms with E-state index in [0.29, 0.717) is 34.7 Å². The summed E-state index contributed by atoms with van der Waals surface area (Å²) in [5, 5.41) is 14.3. The molecule has 116 valence electrons. The molecule has 0 aliphatic rings. The number of aryl methyl sites for hydroxylation is 1. The first-order valence-corrected chi connectivity index (χ1v) is 7.22. The zero-order chi connectivity index (χ0) is 15.9. The molecule has 0 aliphatic heterocycles. The number of aromatic nitrogens is 2. The zero-order valence-electron chi connectivity index (χ0n) is 12.4. The Balaban J connectivity index is 2.03. The molecule has 0 radical (unpaired) electrons. The Hall–Kier alpha value is -2.34. The summed E-state index contributed by atoms with van der Waals surface area (Å²) in [7, 11) is 0. The highest BCUT2D eigenvalue weighted by Crippen LogP contribution is 2.22. The van der Waals surface area contributed by atoms with Crippen LogP contribution in [0.3, 0.4) is 0 Å². The molecule has 0 bridgehead atoms. The predicted molar refractivity (Wildman–Crippen MR) is 86.9 cm³/mol. The number of nitrogens with one attached hydrogen (secondary N) is 1. The van der Waals surface area contributed by atoms with Crippen LogP contribution in [0.1, 0.15) is 24.7 Å². The van der Waals surface area contributed by atoms with Crippen molar-refractivity contribution in [3.63, 3.8) is 0 Å². The summed E-state index contributed by atoms with van der Waals surface area (Å²) in [6.07, 6.45) is 2.40. The molecule has 0 aliphatic carbocycles. The van der Waals surface area contributed by atoms with E-state index in [1.54, 1.807) is 31.2 Å². The van der Waals surface area contributed by atoms with Gasteiger partial charge in [-0.15, -0.1) is 0 Å². The van der Waals surface area contributed by atoms with Crippen LogP contribution in [0.2, 0.25) is 5.15 Å². The number of anilines is 1. The SMILES string of the molecule is CCCOc1ccc(C=NNc2cc(Cl)nc(C)n2)c(O)c1. The van der Waals surface area contributed by atoms with Gasteiger partial charge in [-0.3, -0.25) is 5.43 Å². The largest absolute Gasteiger partial charge is 0.507 e. The first kappa shape index (κ1) is 16.0. The number of hydrogen-bond donors (Lipinski definition) is 2. The van der Waals surface area contributed by atoms with E-state index in [2.05, 4.69) is 20.5 Å². The molecule has 2 aromatic rings. The highest BCUT2D eigenvalue weighted by molar-refractivity contribution is 6.29. The van der Waals surface area contributed by atoms with Gasteiger partial charge in [0, 0.05) is 17.7 Å². The number of halogens is 1. The molecule has 2 rings (SSSR count). The molecule has 7 heteroatoms. The summed E-state index contributed by atoms with van der Waals surface area (Å²) in [4.78, 5) is 8.09. The number of phenols is 1. The van der Waals surface area contributed by atoms with Gasteiger partial charge in [0.05, 0.1) is 12.8 Å². The van der Waals surface area contributed by atoms with Gasteiger partial charge in [0.1, 0.15) is 22.5 Å². The summed E-state index contributed by atoms with van der Waals surface area (Å²) < 4.78 is 5.44. The lowest BCUT2D eigenvalue weighted by Gasteiger charge is -2.06. The van der Waals surface area contributed by atoms with Gasteiger partial charge in [-0.2, -0.15) is 5.10 Å². The minimum Gasteiger partial charge on any atom is -0.507 e. The molecule has 0 spiro atoms. The van der Waals surface area contributed by atoms with Gasteiger partial charge in [0.25, 0.3) is 0 Å². The molecule has 0 amide bonds. The number of nitrogens with zero attached hydrogens (tertiary/aromatic N) is 3. The first-order chi connectivity index (χ1) is 10.6. The third-order valence-corrected chi connectivity index (χ3v) is 2.86. The van der Waals surface area contributed by atoms with E-state index in [0.717, 1.165) is 6.42 Å². The van der Waals surface area contributed by atoms with Crippen LogP contribution in [0.4, 0.5) is 5.82 Å². The molecule has 22 heavy (non-hydrogen) atoms. The van der Waals surface area contributed by atoms with Crippen molar-refractivity contribution in [1.29, 1.82) is 0 Å². The maximum Gasteiger partial charge on any atom is 0.151 e. The van der Waals surface area contributed by atoms with Gasteiger partial charge in [-0.25, -0.2) is 9.97 Å². The standard InChI is InChI=1S/C15H17ClN4O2/c1-3-6-22-12-5-4-11(13(21)7-12)9-17-20-15-8-14(16)18-10(2)19-15/h4-5,7-9,21H,3,6H2,1-2H3,(H,18,19,20). The van der Waals surface area contributed by atoms with E-state index in [4.69, 9.17) is 16.3 Å². The van der Waals surface area contributed by atoms with Crippen molar-refractivity contribution < 1.29 is 9.84 Å². The number of phenolic OH excluding ortho intramolecular Hbond substituents is 1. The molecular formula is C15H17ClN4O2. The molecule has 0 unspecified atom stereocenters. The van der Waals surface area contributed by atoms with Crippen molar-refractivity contribution in [2.45, 2.75) is 20.3 Å². The number of ether oxygens (including phenoxy) is 1. The Morgan fingerprint density at radius 3 is 2.86 bits per heavy atom. The average Bonchev–Trinajstić information content (AvgIpc) is 2.46. The van der Waals surface area contributed by atoms with E-state index >= 15 is 0 Å². The summed E-state index contributed by atoms with van der Waals surface area (Å²) in [5.74, 6) is 1.75. The van der Waals surface area contributed by atoms with Crippen LogP contribution in [0.5, 0.6) is 11.5 Å². The third kappa shape index (κ3) is 4.60. The number of benzene rings is 1. The normalized spacial score (nSPS) is 10.9. The summed E-state index contributed by atoms with van der Waals surface area (Å²) >= 11 is 5.83. The van der Waals surface area contributed by atoms with Crippen LogP contribution in [0.25, 0.3) is 0 Å². The van der Waals surface area contributed by atoms with Crippen LogP contribution in [0, 0.1) is 6.92 Å².